The molecule has 1 aliphatic rings. The lowest BCUT2D eigenvalue weighted by atomic mass is 9.85. The Morgan fingerprint density at radius 1 is 1.11 bits per heavy atom. The van der Waals surface area contributed by atoms with Gasteiger partial charge in [-0.05, 0) is 36.1 Å². The molecular weight excluding hydrogens is 598 g/mol. The molecule has 0 aliphatic carbocycles. The van der Waals surface area contributed by atoms with Crippen molar-refractivity contribution in [1.82, 2.24) is 15.6 Å². The van der Waals surface area contributed by atoms with Crippen LogP contribution in [0, 0.1) is 5.82 Å². The molecule has 45 heavy (non-hydrogen) atoms. The lowest BCUT2D eigenvalue weighted by Gasteiger charge is -2.30. The molecule has 2 amide bonds. The number of hydrogen-bond acceptors (Lipinski definition) is 8. The van der Waals surface area contributed by atoms with Crippen molar-refractivity contribution in [2.75, 3.05) is 38.7 Å². The Kier molecular flexibility index (Phi) is 11.7. The van der Waals surface area contributed by atoms with Gasteiger partial charge in [-0.3, -0.25) is 9.78 Å². The molecule has 1 aromatic heterocycles. The first-order valence-electron chi connectivity index (χ1n) is 14.2. The average Bonchev–Trinajstić information content (AvgIpc) is 3.03. The number of pyridine rings is 1. The molecule has 0 unspecified atom stereocenters. The molecule has 4 atom stereocenters. The van der Waals surface area contributed by atoms with Crippen LogP contribution < -0.4 is 26.4 Å². The van der Waals surface area contributed by atoms with Gasteiger partial charge < -0.3 is 35.9 Å². The normalized spacial score (nSPS) is 18.0. The molecule has 1 fully saturated rings. The van der Waals surface area contributed by atoms with Crippen molar-refractivity contribution in [1.29, 1.82) is 0 Å². The summed E-state index contributed by atoms with van der Waals surface area (Å²) in [6.07, 6.45) is -3.05. The van der Waals surface area contributed by atoms with Crippen LogP contribution in [0.15, 0.2) is 67.0 Å². The van der Waals surface area contributed by atoms with Crippen molar-refractivity contribution in [2.24, 2.45) is 5.73 Å². The Bertz CT molecular complexity index is 1400. The fourth-order valence-corrected chi connectivity index (χ4v) is 4.94. The first-order chi connectivity index (χ1) is 21.5. The molecule has 10 nitrogen and oxygen atoms in total. The number of aromatic nitrogens is 1. The lowest BCUT2D eigenvalue weighted by molar-refractivity contribution is -0.124. The van der Waals surface area contributed by atoms with Gasteiger partial charge in [0.1, 0.15) is 24.7 Å². The number of amides is 2. The van der Waals surface area contributed by atoms with E-state index in [1.54, 1.807) is 24.6 Å². The number of benzene rings is 2. The summed E-state index contributed by atoms with van der Waals surface area (Å²) in [6, 6.07) is 15.2. The van der Waals surface area contributed by atoms with Crippen LogP contribution in [-0.4, -0.2) is 74.8 Å². The molecule has 4 rings (SSSR count). The van der Waals surface area contributed by atoms with Crippen molar-refractivity contribution in [3.05, 3.63) is 89.5 Å². The van der Waals surface area contributed by atoms with E-state index in [0.29, 0.717) is 18.7 Å². The third-order valence-corrected chi connectivity index (χ3v) is 7.29. The van der Waals surface area contributed by atoms with Gasteiger partial charge in [-0.15, -0.1) is 0 Å². The summed E-state index contributed by atoms with van der Waals surface area (Å²) in [5.41, 5.74) is 8.60. The number of rotatable bonds is 12. The molecule has 1 aliphatic heterocycles. The smallest absolute Gasteiger partial charge is 0.407 e. The average molecular weight is 634 g/mol. The highest BCUT2D eigenvalue weighted by Gasteiger charge is 2.30. The van der Waals surface area contributed by atoms with Crippen molar-refractivity contribution in [3.8, 4) is 5.75 Å². The van der Waals surface area contributed by atoms with Crippen LogP contribution in [-0.2, 0) is 20.7 Å². The van der Waals surface area contributed by atoms with Crippen molar-refractivity contribution < 1.29 is 41.4 Å². The molecule has 3 aromatic rings. The highest BCUT2D eigenvalue weighted by Crippen LogP contribution is 2.30. The van der Waals surface area contributed by atoms with E-state index >= 15 is 0 Å². The van der Waals surface area contributed by atoms with E-state index in [0.717, 1.165) is 17.3 Å². The van der Waals surface area contributed by atoms with Crippen molar-refractivity contribution in [3.63, 3.8) is 0 Å². The maximum atomic E-state index is 15.0. The number of nitrogens with two attached hydrogens (primary N) is 1. The Balaban J connectivity index is 1.35. The van der Waals surface area contributed by atoms with E-state index in [-0.39, 0.29) is 37.0 Å². The summed E-state index contributed by atoms with van der Waals surface area (Å²) < 4.78 is 67.5. The molecule has 5 N–H and O–H groups in total. The van der Waals surface area contributed by atoms with Gasteiger partial charge in [-0.2, -0.15) is 13.2 Å². The van der Waals surface area contributed by atoms with Crippen LogP contribution in [0.2, 0.25) is 0 Å². The Hall–Kier alpha value is -4.27. The standard InChI is InChI=1S/C31H35F4N5O5/c1-43-22-9-7-20(8-10-22)27(19-5-3-2-4-6-19)28(36)29(41)40-26-15-37-14-25(32)24(26)12-11-23-13-38-21(16-44-23)17-45-30(42)39-18-31(33,34)35/h2-10,14-15,21,23,27-28,38H,11-13,16-18,36H2,1H3,(H,39,42)(H,40,41)/t21-,23+,27+,28-/m0/s1. The van der Waals surface area contributed by atoms with E-state index in [1.165, 1.54) is 6.20 Å². The topological polar surface area (TPSA) is 137 Å². The predicted molar refractivity (Wildman–Crippen MR) is 157 cm³/mol. The third kappa shape index (κ3) is 9.86. The fourth-order valence-electron chi connectivity index (χ4n) is 4.94. The van der Waals surface area contributed by atoms with Gasteiger partial charge in [0.05, 0.1) is 50.0 Å². The van der Waals surface area contributed by atoms with E-state index < -0.39 is 48.5 Å². The molecule has 2 aromatic carbocycles. The Labute approximate surface area is 257 Å². The number of nitrogens with one attached hydrogen (secondary N) is 3. The highest BCUT2D eigenvalue weighted by molar-refractivity contribution is 5.96. The molecule has 0 radical (unpaired) electrons. The Morgan fingerprint density at radius 3 is 2.47 bits per heavy atom. The lowest BCUT2D eigenvalue weighted by Crippen LogP contribution is -2.49. The number of alkyl carbamates (subject to hydrolysis) is 1. The zero-order valence-corrected chi connectivity index (χ0v) is 24.5. The number of ether oxygens (including phenoxy) is 3. The Morgan fingerprint density at radius 2 is 1.82 bits per heavy atom. The van der Waals surface area contributed by atoms with Gasteiger partial charge in [0.25, 0.3) is 0 Å². The molecule has 2 heterocycles. The van der Waals surface area contributed by atoms with Crippen LogP contribution in [0.3, 0.4) is 0 Å². The number of halogens is 4. The van der Waals surface area contributed by atoms with Gasteiger partial charge in [0.15, 0.2) is 0 Å². The number of methoxy groups -OCH3 is 1. The van der Waals surface area contributed by atoms with E-state index in [1.807, 2.05) is 42.5 Å². The molecule has 0 spiro atoms. The van der Waals surface area contributed by atoms with Crippen molar-refractivity contribution in [2.45, 2.75) is 43.1 Å². The summed E-state index contributed by atoms with van der Waals surface area (Å²) in [5, 5.41) is 7.50. The minimum Gasteiger partial charge on any atom is -0.497 e. The number of hydrogen-bond donors (Lipinski definition) is 4. The number of nitrogens with zero attached hydrogens (tertiary/aromatic N) is 1. The zero-order valence-electron chi connectivity index (χ0n) is 24.5. The van der Waals surface area contributed by atoms with Crippen LogP contribution in [0.4, 0.5) is 28.0 Å². The molecule has 242 valence electrons. The van der Waals surface area contributed by atoms with Crippen LogP contribution in [0.5, 0.6) is 5.75 Å². The number of anilines is 1. The van der Waals surface area contributed by atoms with Crippen LogP contribution >= 0.6 is 0 Å². The summed E-state index contributed by atoms with van der Waals surface area (Å²) in [4.78, 5) is 28.9. The van der Waals surface area contributed by atoms with Gasteiger partial charge in [-0.1, -0.05) is 42.5 Å². The minimum absolute atomic E-state index is 0.126. The second-order valence-corrected chi connectivity index (χ2v) is 10.5. The second kappa shape index (κ2) is 15.6. The predicted octanol–water partition coefficient (Wildman–Crippen LogP) is 3.91. The van der Waals surface area contributed by atoms with Crippen LogP contribution in [0.25, 0.3) is 0 Å². The molecule has 0 saturated carbocycles. The van der Waals surface area contributed by atoms with Gasteiger partial charge in [-0.25, -0.2) is 9.18 Å². The molecule has 0 bridgehead atoms. The zero-order chi connectivity index (χ0) is 32.4. The van der Waals surface area contributed by atoms with Gasteiger partial charge in [0, 0.05) is 18.0 Å². The maximum Gasteiger partial charge on any atom is 0.407 e. The van der Waals surface area contributed by atoms with Crippen LogP contribution in [0.1, 0.15) is 29.0 Å². The largest absolute Gasteiger partial charge is 0.497 e. The number of carbonyl (C=O) groups excluding carboxylic acids is 2. The fraction of sp³-hybridized carbons (Fsp3) is 0.387. The van der Waals surface area contributed by atoms with E-state index in [2.05, 4.69) is 15.6 Å². The van der Waals surface area contributed by atoms with E-state index in [9.17, 15) is 27.2 Å². The van der Waals surface area contributed by atoms with Gasteiger partial charge >= 0.3 is 12.3 Å². The van der Waals surface area contributed by atoms with Gasteiger partial charge in [0.2, 0.25) is 5.91 Å². The quantitative estimate of drug-likeness (QED) is 0.221. The van der Waals surface area contributed by atoms with E-state index in [4.69, 9.17) is 19.9 Å². The first kappa shape index (κ1) is 33.6. The summed E-state index contributed by atoms with van der Waals surface area (Å²) in [7, 11) is 1.56. The first-order valence-corrected chi connectivity index (χ1v) is 14.2. The third-order valence-electron chi connectivity index (χ3n) is 7.29. The number of alkyl halides is 3. The monoisotopic (exact) mass is 633 g/mol. The molecule has 1 saturated heterocycles. The maximum absolute atomic E-state index is 15.0. The van der Waals surface area contributed by atoms with Crippen molar-refractivity contribution >= 4 is 17.7 Å². The SMILES string of the molecule is COc1ccc([C@@H](c2ccccc2)[C@H](N)C(=O)Nc2cncc(F)c2CC[C@@H]2CN[C@H](COC(=O)NCC(F)(F)F)CO2)cc1. The summed E-state index contributed by atoms with van der Waals surface area (Å²) in [6.45, 7) is -1.22. The minimum atomic E-state index is -4.54. The second-order valence-electron chi connectivity index (χ2n) is 10.5. The molecular formula is C31H35F4N5O5. The highest BCUT2D eigenvalue weighted by atomic mass is 19.4. The number of carbonyl (C=O) groups is 2. The number of morpholine rings is 1. The summed E-state index contributed by atoms with van der Waals surface area (Å²) in [5.74, 6) is -0.967. The molecule has 14 heteroatoms. The summed E-state index contributed by atoms with van der Waals surface area (Å²) >= 11 is 0.